The Morgan fingerprint density at radius 2 is 1.83 bits per heavy atom. The summed E-state index contributed by atoms with van der Waals surface area (Å²) in [7, 11) is 0. The number of likely N-dealkylation sites (tertiary alicyclic amines) is 1. The third-order valence-electron chi connectivity index (χ3n) is 4.19. The van der Waals surface area contributed by atoms with E-state index in [2.05, 4.69) is 17.4 Å². The summed E-state index contributed by atoms with van der Waals surface area (Å²) >= 11 is 5.37. The monoisotopic (exact) mass is 350 g/mol. The molecular weight excluding hydrogens is 333 g/mol. The Labute approximate surface area is 144 Å². The van der Waals surface area contributed by atoms with Gasteiger partial charge in [0, 0.05) is 24.7 Å². The average Bonchev–Trinajstić information content (AvgIpc) is 3.05. The fourth-order valence-electron chi connectivity index (χ4n) is 2.92. The van der Waals surface area contributed by atoms with Crippen molar-refractivity contribution >= 4 is 23.0 Å². The van der Waals surface area contributed by atoms with E-state index in [9.17, 15) is 13.2 Å². The molecule has 1 aliphatic rings. The molecule has 1 N–H and O–H groups in total. The zero-order valence-corrected chi connectivity index (χ0v) is 13.7. The Balaban J connectivity index is 1.64. The molecule has 2 aromatic rings. The van der Waals surface area contributed by atoms with Gasteiger partial charge in [0.25, 0.3) is 0 Å². The Bertz CT molecular complexity index is 716. The summed E-state index contributed by atoms with van der Waals surface area (Å²) < 4.78 is 38.3. The molecule has 1 heterocycles. The molecule has 3 rings (SSSR count). The standard InChI is InChI=1S/C18H17F3N2S/c19-18(20,21)15-7-4-8-16(11-15)22-17(24)23-10-9-14(12-23)13-5-2-1-3-6-13/h1-8,11,14H,9-10,12H2,(H,22,24)/t14-/m1/s1. The Hall–Kier alpha value is -2.08. The highest BCUT2D eigenvalue weighted by Crippen LogP contribution is 2.31. The van der Waals surface area contributed by atoms with Crippen LogP contribution >= 0.6 is 12.2 Å². The highest BCUT2D eigenvalue weighted by Gasteiger charge is 2.31. The van der Waals surface area contributed by atoms with Crippen molar-refractivity contribution in [2.75, 3.05) is 18.4 Å². The second-order valence-electron chi connectivity index (χ2n) is 5.85. The summed E-state index contributed by atoms with van der Waals surface area (Å²) in [4.78, 5) is 2.01. The smallest absolute Gasteiger partial charge is 0.348 e. The van der Waals surface area contributed by atoms with E-state index in [0.717, 1.165) is 31.6 Å². The molecule has 1 atom stereocenters. The fourth-order valence-corrected chi connectivity index (χ4v) is 3.20. The number of alkyl halides is 3. The summed E-state index contributed by atoms with van der Waals surface area (Å²) in [5.41, 5.74) is 0.943. The lowest BCUT2D eigenvalue weighted by Gasteiger charge is -2.21. The van der Waals surface area contributed by atoms with Crippen molar-refractivity contribution in [2.24, 2.45) is 0 Å². The van der Waals surface area contributed by atoms with E-state index in [4.69, 9.17) is 12.2 Å². The van der Waals surface area contributed by atoms with E-state index in [1.165, 1.54) is 11.6 Å². The normalized spacial score (nSPS) is 17.8. The number of benzene rings is 2. The van der Waals surface area contributed by atoms with Crippen LogP contribution in [0.4, 0.5) is 18.9 Å². The quantitative estimate of drug-likeness (QED) is 0.776. The van der Waals surface area contributed by atoms with E-state index in [0.29, 0.717) is 16.7 Å². The van der Waals surface area contributed by atoms with E-state index in [-0.39, 0.29) is 0 Å². The van der Waals surface area contributed by atoms with Crippen molar-refractivity contribution in [3.63, 3.8) is 0 Å². The van der Waals surface area contributed by atoms with E-state index in [1.807, 2.05) is 23.1 Å². The van der Waals surface area contributed by atoms with Crippen molar-refractivity contribution in [3.05, 3.63) is 65.7 Å². The van der Waals surface area contributed by atoms with Gasteiger partial charge in [-0.1, -0.05) is 36.4 Å². The summed E-state index contributed by atoms with van der Waals surface area (Å²) in [5, 5.41) is 3.39. The van der Waals surface area contributed by atoms with Gasteiger partial charge in [-0.25, -0.2) is 0 Å². The largest absolute Gasteiger partial charge is 0.416 e. The van der Waals surface area contributed by atoms with Crippen LogP contribution < -0.4 is 5.32 Å². The zero-order chi connectivity index (χ0) is 17.2. The van der Waals surface area contributed by atoms with Gasteiger partial charge >= 0.3 is 6.18 Å². The number of nitrogens with zero attached hydrogens (tertiary/aromatic N) is 1. The average molecular weight is 350 g/mol. The molecule has 0 saturated carbocycles. The highest BCUT2D eigenvalue weighted by atomic mass is 32.1. The molecule has 1 saturated heterocycles. The van der Waals surface area contributed by atoms with Crippen LogP contribution in [0.15, 0.2) is 54.6 Å². The number of thiocarbonyl (C=S) groups is 1. The molecule has 24 heavy (non-hydrogen) atoms. The highest BCUT2D eigenvalue weighted by molar-refractivity contribution is 7.80. The first kappa shape index (κ1) is 16.8. The lowest BCUT2D eigenvalue weighted by molar-refractivity contribution is -0.137. The third-order valence-corrected chi connectivity index (χ3v) is 4.55. The molecule has 0 aromatic heterocycles. The fraction of sp³-hybridized carbons (Fsp3) is 0.278. The number of hydrogen-bond acceptors (Lipinski definition) is 1. The molecule has 126 valence electrons. The maximum Gasteiger partial charge on any atom is 0.416 e. The van der Waals surface area contributed by atoms with Crippen LogP contribution in [0.2, 0.25) is 0 Å². The summed E-state index contributed by atoms with van der Waals surface area (Å²) in [5.74, 6) is 0.396. The SMILES string of the molecule is FC(F)(F)c1cccc(NC(=S)N2CC[C@@H](c3ccccc3)C2)c1. The minimum atomic E-state index is -4.36. The van der Waals surface area contributed by atoms with Gasteiger partial charge in [-0.2, -0.15) is 13.2 Å². The van der Waals surface area contributed by atoms with Gasteiger partial charge in [-0.3, -0.25) is 0 Å². The van der Waals surface area contributed by atoms with Crippen molar-refractivity contribution in [2.45, 2.75) is 18.5 Å². The summed E-state index contributed by atoms with van der Waals surface area (Å²) in [6.45, 7) is 1.57. The molecule has 0 amide bonds. The first-order chi connectivity index (χ1) is 11.4. The van der Waals surface area contributed by atoms with Crippen molar-refractivity contribution in [3.8, 4) is 0 Å². The topological polar surface area (TPSA) is 15.3 Å². The second kappa shape index (κ2) is 6.81. The number of hydrogen-bond donors (Lipinski definition) is 1. The van der Waals surface area contributed by atoms with Crippen molar-refractivity contribution in [1.29, 1.82) is 0 Å². The second-order valence-corrected chi connectivity index (χ2v) is 6.24. The van der Waals surface area contributed by atoms with Gasteiger partial charge in [-0.05, 0) is 42.4 Å². The maximum atomic E-state index is 12.8. The van der Waals surface area contributed by atoms with Gasteiger partial charge in [0.15, 0.2) is 5.11 Å². The molecule has 0 spiro atoms. The lowest BCUT2D eigenvalue weighted by atomic mass is 9.99. The van der Waals surface area contributed by atoms with Gasteiger partial charge < -0.3 is 10.2 Å². The lowest BCUT2D eigenvalue weighted by Crippen LogP contribution is -2.32. The molecule has 1 aliphatic heterocycles. The van der Waals surface area contributed by atoms with Gasteiger partial charge in [0.2, 0.25) is 0 Å². The van der Waals surface area contributed by atoms with Crippen LogP contribution in [-0.4, -0.2) is 23.1 Å². The summed E-state index contributed by atoms with van der Waals surface area (Å²) in [6.07, 6.45) is -3.38. The van der Waals surface area contributed by atoms with Crippen molar-refractivity contribution < 1.29 is 13.2 Å². The number of halogens is 3. The van der Waals surface area contributed by atoms with Crippen LogP contribution in [0, 0.1) is 0 Å². The van der Waals surface area contributed by atoms with E-state index in [1.54, 1.807) is 6.07 Å². The molecule has 2 aromatic carbocycles. The molecule has 0 radical (unpaired) electrons. The molecule has 1 fully saturated rings. The van der Waals surface area contributed by atoms with Crippen LogP contribution in [0.5, 0.6) is 0 Å². The first-order valence-electron chi connectivity index (χ1n) is 7.71. The Morgan fingerprint density at radius 1 is 1.08 bits per heavy atom. The molecule has 0 aliphatic carbocycles. The van der Waals surface area contributed by atoms with Gasteiger partial charge in [0.1, 0.15) is 0 Å². The van der Waals surface area contributed by atoms with Crippen LogP contribution in [-0.2, 0) is 6.18 Å². The third kappa shape index (κ3) is 3.87. The van der Waals surface area contributed by atoms with Crippen LogP contribution in [0.3, 0.4) is 0 Å². The summed E-state index contributed by atoms with van der Waals surface area (Å²) in [6, 6.07) is 15.3. The molecule has 2 nitrogen and oxygen atoms in total. The Morgan fingerprint density at radius 3 is 2.54 bits per heavy atom. The zero-order valence-electron chi connectivity index (χ0n) is 12.9. The first-order valence-corrected chi connectivity index (χ1v) is 8.12. The number of rotatable bonds is 2. The minimum Gasteiger partial charge on any atom is -0.348 e. The van der Waals surface area contributed by atoms with Crippen molar-refractivity contribution in [1.82, 2.24) is 4.90 Å². The number of anilines is 1. The minimum absolute atomic E-state index is 0.359. The predicted molar refractivity (Wildman–Crippen MR) is 93.0 cm³/mol. The molecule has 0 bridgehead atoms. The molecule has 0 unspecified atom stereocenters. The van der Waals surface area contributed by atoms with Gasteiger partial charge in [-0.15, -0.1) is 0 Å². The predicted octanol–water partition coefficient (Wildman–Crippen LogP) is 4.89. The number of nitrogens with one attached hydrogen (secondary N) is 1. The van der Waals surface area contributed by atoms with Gasteiger partial charge in [0.05, 0.1) is 5.56 Å². The molecular formula is C18H17F3N2S. The van der Waals surface area contributed by atoms with Crippen LogP contribution in [0.25, 0.3) is 0 Å². The maximum absolute atomic E-state index is 12.8. The molecule has 6 heteroatoms. The Kier molecular flexibility index (Phi) is 4.76. The van der Waals surface area contributed by atoms with Crippen LogP contribution in [0.1, 0.15) is 23.5 Å². The van der Waals surface area contributed by atoms with E-state index >= 15 is 0 Å². The van der Waals surface area contributed by atoms with E-state index < -0.39 is 11.7 Å².